The van der Waals surface area contributed by atoms with E-state index in [1.165, 1.54) is 0 Å². The number of para-hydroxylation sites is 2. The highest BCUT2D eigenvalue weighted by atomic mass is 35.5. The van der Waals surface area contributed by atoms with Crippen molar-refractivity contribution in [1.82, 2.24) is 4.98 Å². The molecule has 0 aliphatic carbocycles. The molecular weight excluding hydrogens is 426 g/mol. The summed E-state index contributed by atoms with van der Waals surface area (Å²) >= 11 is 6.00. The normalized spacial score (nSPS) is 10.6. The Morgan fingerprint density at radius 3 is 2.50 bits per heavy atom. The zero-order valence-corrected chi connectivity index (χ0v) is 18.4. The highest BCUT2D eigenvalue weighted by Crippen LogP contribution is 2.32. The second-order valence-corrected chi connectivity index (χ2v) is 7.39. The van der Waals surface area contributed by atoms with Crippen LogP contribution in [0.4, 0.5) is 16.2 Å². The summed E-state index contributed by atoms with van der Waals surface area (Å²) in [5.74, 6) is 1.27. The van der Waals surface area contributed by atoms with E-state index in [4.69, 9.17) is 26.1 Å². The molecule has 2 amide bonds. The third-order valence-corrected chi connectivity index (χ3v) is 5.08. The van der Waals surface area contributed by atoms with Crippen molar-refractivity contribution in [3.63, 3.8) is 0 Å². The number of ether oxygens (including phenoxy) is 2. The molecule has 0 atom stereocenters. The molecule has 0 spiro atoms. The van der Waals surface area contributed by atoms with Crippen LogP contribution in [0.25, 0.3) is 22.2 Å². The van der Waals surface area contributed by atoms with Gasteiger partial charge in [-0.15, -0.1) is 0 Å². The second-order valence-electron chi connectivity index (χ2n) is 6.96. The number of urea groups is 1. The number of hydrogen-bond donors (Lipinski definition) is 2. The summed E-state index contributed by atoms with van der Waals surface area (Å²) < 4.78 is 11.2. The third-order valence-electron chi connectivity index (χ3n) is 4.82. The molecule has 0 radical (unpaired) electrons. The Hall–Kier alpha value is -3.77. The summed E-state index contributed by atoms with van der Waals surface area (Å²) in [4.78, 5) is 17.3. The largest absolute Gasteiger partial charge is 0.496 e. The average Bonchev–Trinajstić information content (AvgIpc) is 2.80. The standard InChI is InChI=1S/C25H22ClN3O3/c1-3-32-23-7-5-4-6-21(23)29-25(30)27-18-12-13-20-19(14-18)24(31-2)15-22(28-20)16-8-10-17(26)11-9-16/h4-15H,3H2,1-2H3,(H2,27,29,30). The lowest BCUT2D eigenvalue weighted by Crippen LogP contribution is -2.19. The maximum atomic E-state index is 12.6. The Morgan fingerprint density at radius 2 is 1.75 bits per heavy atom. The molecule has 4 aromatic rings. The first-order valence-corrected chi connectivity index (χ1v) is 10.5. The van der Waals surface area contributed by atoms with Gasteiger partial charge in [-0.05, 0) is 49.4 Å². The van der Waals surface area contributed by atoms with Crippen LogP contribution in [0.1, 0.15) is 6.92 Å². The lowest BCUT2D eigenvalue weighted by atomic mass is 10.1. The predicted molar refractivity (Wildman–Crippen MR) is 129 cm³/mol. The monoisotopic (exact) mass is 447 g/mol. The maximum absolute atomic E-state index is 12.6. The van der Waals surface area contributed by atoms with Gasteiger partial charge in [0.2, 0.25) is 0 Å². The van der Waals surface area contributed by atoms with Crippen molar-refractivity contribution in [2.24, 2.45) is 0 Å². The average molecular weight is 448 g/mol. The number of amides is 2. The minimum atomic E-state index is -0.374. The molecule has 0 bridgehead atoms. The predicted octanol–water partition coefficient (Wildman–Crippen LogP) is 6.61. The highest BCUT2D eigenvalue weighted by Gasteiger charge is 2.12. The van der Waals surface area contributed by atoms with Crippen LogP contribution in [0.3, 0.4) is 0 Å². The van der Waals surface area contributed by atoms with Crippen molar-refractivity contribution >= 4 is 39.9 Å². The van der Waals surface area contributed by atoms with E-state index in [-0.39, 0.29) is 6.03 Å². The van der Waals surface area contributed by atoms with E-state index < -0.39 is 0 Å². The molecule has 0 unspecified atom stereocenters. The summed E-state index contributed by atoms with van der Waals surface area (Å²) in [6.07, 6.45) is 0. The zero-order chi connectivity index (χ0) is 22.5. The van der Waals surface area contributed by atoms with E-state index in [0.717, 1.165) is 22.2 Å². The molecule has 0 saturated carbocycles. The summed E-state index contributed by atoms with van der Waals surface area (Å²) in [6, 6.07) is 21.7. The van der Waals surface area contributed by atoms with Crippen LogP contribution in [-0.2, 0) is 0 Å². The van der Waals surface area contributed by atoms with Crippen molar-refractivity contribution in [1.29, 1.82) is 0 Å². The molecule has 162 valence electrons. The van der Waals surface area contributed by atoms with Gasteiger partial charge in [0.15, 0.2) is 0 Å². The number of nitrogens with one attached hydrogen (secondary N) is 2. The second kappa shape index (κ2) is 9.58. The van der Waals surface area contributed by atoms with Crippen LogP contribution in [-0.4, -0.2) is 24.7 Å². The molecule has 6 nitrogen and oxygen atoms in total. The molecule has 0 fully saturated rings. The smallest absolute Gasteiger partial charge is 0.323 e. The summed E-state index contributed by atoms with van der Waals surface area (Å²) in [5.41, 5.74) is 3.67. The van der Waals surface area contributed by atoms with Gasteiger partial charge in [-0.25, -0.2) is 9.78 Å². The molecule has 2 N–H and O–H groups in total. The third kappa shape index (κ3) is 4.76. The number of aromatic nitrogens is 1. The van der Waals surface area contributed by atoms with Gasteiger partial charge in [0.25, 0.3) is 0 Å². The van der Waals surface area contributed by atoms with Gasteiger partial charge in [-0.1, -0.05) is 35.9 Å². The molecule has 1 heterocycles. The fourth-order valence-corrected chi connectivity index (χ4v) is 3.47. The number of benzene rings is 3. The van der Waals surface area contributed by atoms with E-state index >= 15 is 0 Å². The van der Waals surface area contributed by atoms with Gasteiger partial charge in [0.05, 0.1) is 30.6 Å². The molecule has 3 aromatic carbocycles. The van der Waals surface area contributed by atoms with Crippen LogP contribution < -0.4 is 20.1 Å². The van der Waals surface area contributed by atoms with Gasteiger partial charge in [-0.2, -0.15) is 0 Å². The maximum Gasteiger partial charge on any atom is 0.323 e. The summed E-state index contributed by atoms with van der Waals surface area (Å²) in [7, 11) is 1.61. The zero-order valence-electron chi connectivity index (χ0n) is 17.7. The Balaban J connectivity index is 1.59. The van der Waals surface area contributed by atoms with E-state index in [0.29, 0.717) is 34.5 Å². The summed E-state index contributed by atoms with van der Waals surface area (Å²) in [5, 5.41) is 7.13. The molecule has 0 aliphatic heterocycles. The number of fused-ring (bicyclic) bond motifs is 1. The number of anilines is 2. The van der Waals surface area contributed by atoms with Crippen molar-refractivity contribution in [2.45, 2.75) is 6.92 Å². The van der Waals surface area contributed by atoms with Crippen molar-refractivity contribution < 1.29 is 14.3 Å². The molecule has 7 heteroatoms. The first-order valence-electron chi connectivity index (χ1n) is 10.1. The van der Waals surface area contributed by atoms with Crippen LogP contribution in [0, 0.1) is 0 Å². The number of carbonyl (C=O) groups excluding carboxylic acids is 1. The van der Waals surface area contributed by atoms with Crippen LogP contribution in [0.5, 0.6) is 11.5 Å². The minimum Gasteiger partial charge on any atom is -0.496 e. The first kappa shape index (κ1) is 21.5. The fraction of sp³-hybridized carbons (Fsp3) is 0.120. The minimum absolute atomic E-state index is 0.374. The summed E-state index contributed by atoms with van der Waals surface area (Å²) in [6.45, 7) is 2.40. The molecule has 32 heavy (non-hydrogen) atoms. The fourth-order valence-electron chi connectivity index (χ4n) is 3.35. The number of hydrogen-bond acceptors (Lipinski definition) is 4. The molecule has 0 saturated heterocycles. The van der Waals surface area contributed by atoms with Gasteiger partial charge in [-0.3, -0.25) is 0 Å². The van der Waals surface area contributed by atoms with Crippen molar-refractivity contribution in [3.05, 3.63) is 77.8 Å². The van der Waals surface area contributed by atoms with Gasteiger partial charge in [0, 0.05) is 27.7 Å². The van der Waals surface area contributed by atoms with Gasteiger partial charge >= 0.3 is 6.03 Å². The van der Waals surface area contributed by atoms with E-state index in [2.05, 4.69) is 10.6 Å². The quantitative estimate of drug-likeness (QED) is 0.349. The highest BCUT2D eigenvalue weighted by molar-refractivity contribution is 6.30. The van der Waals surface area contributed by atoms with Crippen molar-refractivity contribution in [3.8, 4) is 22.8 Å². The Morgan fingerprint density at radius 1 is 0.969 bits per heavy atom. The Labute approximate surface area is 191 Å². The number of halogens is 1. The number of carbonyl (C=O) groups is 1. The number of methoxy groups -OCH3 is 1. The van der Waals surface area contributed by atoms with Crippen molar-refractivity contribution in [2.75, 3.05) is 24.4 Å². The molecule has 1 aromatic heterocycles. The Kier molecular flexibility index (Phi) is 6.42. The van der Waals surface area contributed by atoms with E-state index in [9.17, 15) is 4.79 Å². The van der Waals surface area contributed by atoms with Crippen LogP contribution >= 0.6 is 11.6 Å². The SMILES string of the molecule is CCOc1ccccc1NC(=O)Nc1ccc2nc(-c3ccc(Cl)cc3)cc(OC)c2c1. The first-order chi connectivity index (χ1) is 15.6. The Bertz CT molecular complexity index is 1260. The van der Waals surface area contributed by atoms with Crippen LogP contribution in [0.2, 0.25) is 5.02 Å². The van der Waals surface area contributed by atoms with Gasteiger partial charge < -0.3 is 20.1 Å². The van der Waals surface area contributed by atoms with Crippen LogP contribution in [0.15, 0.2) is 72.8 Å². The number of nitrogens with zero attached hydrogens (tertiary/aromatic N) is 1. The molecular formula is C25H22ClN3O3. The lowest BCUT2D eigenvalue weighted by Gasteiger charge is -2.13. The molecule has 4 rings (SSSR count). The van der Waals surface area contributed by atoms with E-state index in [1.807, 2.05) is 67.6 Å². The number of pyridine rings is 1. The van der Waals surface area contributed by atoms with Gasteiger partial charge in [0.1, 0.15) is 11.5 Å². The lowest BCUT2D eigenvalue weighted by molar-refractivity contribution is 0.262. The number of rotatable bonds is 6. The topological polar surface area (TPSA) is 72.5 Å². The van der Waals surface area contributed by atoms with E-state index in [1.54, 1.807) is 19.2 Å². The molecule has 0 aliphatic rings.